The van der Waals surface area contributed by atoms with Gasteiger partial charge in [-0.1, -0.05) is 0 Å². The van der Waals surface area contributed by atoms with Crippen molar-refractivity contribution in [2.45, 2.75) is 12.8 Å². The second-order valence-electron chi connectivity index (χ2n) is 5.73. The number of hydrogen-bond donors (Lipinski definition) is 0. The lowest BCUT2D eigenvalue weighted by Gasteiger charge is -2.14. The lowest BCUT2D eigenvalue weighted by Crippen LogP contribution is -2.27. The van der Waals surface area contributed by atoms with Crippen LogP contribution in [0.5, 0.6) is 0 Å². The Labute approximate surface area is 130 Å². The Morgan fingerprint density at radius 3 is 2.73 bits per heavy atom. The SMILES string of the molecule is Cn1cc(-c2nccnc2CC2CCN(S(C)(=O)=O)C2)cn1. The van der Waals surface area contributed by atoms with Crippen molar-refractivity contribution in [1.82, 2.24) is 24.1 Å². The Hall–Kier alpha value is -1.80. The summed E-state index contributed by atoms with van der Waals surface area (Å²) in [4.78, 5) is 8.87. The predicted molar refractivity (Wildman–Crippen MR) is 82.5 cm³/mol. The number of hydrogen-bond acceptors (Lipinski definition) is 5. The highest BCUT2D eigenvalue weighted by atomic mass is 32.2. The summed E-state index contributed by atoms with van der Waals surface area (Å²) in [7, 11) is -1.24. The smallest absolute Gasteiger partial charge is 0.211 e. The molecule has 7 nitrogen and oxygen atoms in total. The van der Waals surface area contributed by atoms with E-state index in [9.17, 15) is 8.42 Å². The third-order valence-electron chi connectivity index (χ3n) is 3.95. The van der Waals surface area contributed by atoms with Crippen molar-refractivity contribution in [2.75, 3.05) is 19.3 Å². The standard InChI is InChI=1S/C14H19N5O2S/c1-18-10-12(8-17-18)14-13(15-4-5-16-14)7-11-3-6-19(9-11)22(2,20)21/h4-5,8,10-11H,3,6-7,9H2,1-2H3. The second-order valence-corrected chi connectivity index (χ2v) is 7.72. The lowest BCUT2D eigenvalue weighted by atomic mass is 10.00. The van der Waals surface area contributed by atoms with Crippen LogP contribution in [-0.2, 0) is 23.5 Å². The molecule has 0 saturated carbocycles. The fraction of sp³-hybridized carbons (Fsp3) is 0.500. The molecule has 2 aromatic rings. The first-order valence-corrected chi connectivity index (χ1v) is 9.02. The van der Waals surface area contributed by atoms with Gasteiger partial charge in [0, 0.05) is 44.3 Å². The topological polar surface area (TPSA) is 81.0 Å². The van der Waals surface area contributed by atoms with Gasteiger partial charge >= 0.3 is 0 Å². The van der Waals surface area contributed by atoms with Crippen LogP contribution >= 0.6 is 0 Å². The Balaban J connectivity index is 1.80. The minimum absolute atomic E-state index is 0.279. The van der Waals surface area contributed by atoms with Crippen LogP contribution in [0.1, 0.15) is 12.1 Å². The zero-order valence-electron chi connectivity index (χ0n) is 12.7. The summed E-state index contributed by atoms with van der Waals surface area (Å²) in [5.74, 6) is 0.279. The predicted octanol–water partition coefficient (Wildman–Crippen LogP) is 0.701. The van der Waals surface area contributed by atoms with Crippen molar-refractivity contribution in [3.8, 4) is 11.3 Å². The molecule has 3 heterocycles. The van der Waals surface area contributed by atoms with Crippen molar-refractivity contribution in [3.05, 3.63) is 30.5 Å². The van der Waals surface area contributed by atoms with Gasteiger partial charge in [0.15, 0.2) is 0 Å². The molecule has 0 amide bonds. The summed E-state index contributed by atoms with van der Waals surface area (Å²) in [6, 6.07) is 0. The van der Waals surface area contributed by atoms with Gasteiger partial charge in [-0.15, -0.1) is 0 Å². The molecule has 0 spiro atoms. The first-order chi connectivity index (χ1) is 10.4. The van der Waals surface area contributed by atoms with Crippen LogP contribution < -0.4 is 0 Å². The van der Waals surface area contributed by atoms with Crippen molar-refractivity contribution in [2.24, 2.45) is 13.0 Å². The summed E-state index contributed by atoms with van der Waals surface area (Å²) in [6.45, 7) is 1.15. The molecule has 0 aromatic carbocycles. The van der Waals surface area contributed by atoms with E-state index in [0.717, 1.165) is 29.8 Å². The Morgan fingerprint density at radius 2 is 2.09 bits per heavy atom. The molecule has 2 aromatic heterocycles. The van der Waals surface area contributed by atoms with Gasteiger partial charge in [0.25, 0.3) is 0 Å². The second kappa shape index (κ2) is 5.77. The van der Waals surface area contributed by atoms with Gasteiger partial charge in [-0.3, -0.25) is 14.6 Å². The zero-order valence-corrected chi connectivity index (χ0v) is 13.5. The van der Waals surface area contributed by atoms with Crippen LogP contribution in [-0.4, -0.2) is 51.8 Å². The molecule has 1 atom stereocenters. The number of aryl methyl sites for hydroxylation is 1. The Bertz CT molecular complexity index is 771. The molecular weight excluding hydrogens is 302 g/mol. The molecule has 1 aliphatic rings. The Kier molecular flexibility index (Phi) is 3.96. The monoisotopic (exact) mass is 321 g/mol. The lowest BCUT2D eigenvalue weighted by molar-refractivity contribution is 0.459. The number of aromatic nitrogens is 4. The van der Waals surface area contributed by atoms with Crippen LogP contribution in [0.2, 0.25) is 0 Å². The molecule has 1 unspecified atom stereocenters. The number of nitrogens with zero attached hydrogens (tertiary/aromatic N) is 5. The normalized spacial score (nSPS) is 19.6. The molecule has 8 heteroatoms. The third kappa shape index (κ3) is 3.17. The summed E-state index contributed by atoms with van der Waals surface area (Å²) in [5.41, 5.74) is 2.66. The van der Waals surface area contributed by atoms with E-state index >= 15 is 0 Å². The van der Waals surface area contributed by atoms with Crippen LogP contribution in [0.25, 0.3) is 11.3 Å². The molecule has 22 heavy (non-hydrogen) atoms. The van der Waals surface area contributed by atoms with E-state index in [1.54, 1.807) is 23.3 Å². The van der Waals surface area contributed by atoms with Crippen molar-refractivity contribution in [1.29, 1.82) is 0 Å². The minimum atomic E-state index is -3.10. The summed E-state index contributed by atoms with van der Waals surface area (Å²) >= 11 is 0. The van der Waals surface area contributed by atoms with Gasteiger partial charge in [0.1, 0.15) is 0 Å². The maximum Gasteiger partial charge on any atom is 0.211 e. The maximum absolute atomic E-state index is 11.6. The molecule has 1 aliphatic heterocycles. The molecule has 1 fully saturated rings. The summed E-state index contributed by atoms with van der Waals surface area (Å²) < 4.78 is 26.5. The van der Waals surface area contributed by atoms with Gasteiger partial charge in [0.2, 0.25) is 10.0 Å². The molecule has 0 N–H and O–H groups in total. The summed E-state index contributed by atoms with van der Waals surface area (Å²) in [6.07, 6.45) is 9.87. The van der Waals surface area contributed by atoms with Gasteiger partial charge < -0.3 is 0 Å². The van der Waals surface area contributed by atoms with E-state index in [4.69, 9.17) is 0 Å². The number of rotatable bonds is 4. The van der Waals surface area contributed by atoms with Gasteiger partial charge in [-0.2, -0.15) is 5.10 Å². The largest absolute Gasteiger partial charge is 0.275 e. The van der Waals surface area contributed by atoms with Crippen LogP contribution in [0.3, 0.4) is 0 Å². The van der Waals surface area contributed by atoms with E-state index in [1.807, 2.05) is 13.2 Å². The molecule has 118 valence electrons. The van der Waals surface area contributed by atoms with Crippen molar-refractivity contribution >= 4 is 10.0 Å². The molecular formula is C14H19N5O2S. The van der Waals surface area contributed by atoms with Gasteiger partial charge in [-0.25, -0.2) is 12.7 Å². The van der Waals surface area contributed by atoms with Gasteiger partial charge in [0.05, 0.1) is 23.8 Å². The van der Waals surface area contributed by atoms with Gasteiger partial charge in [-0.05, 0) is 18.8 Å². The molecule has 1 saturated heterocycles. The third-order valence-corrected chi connectivity index (χ3v) is 5.22. The van der Waals surface area contributed by atoms with Crippen molar-refractivity contribution in [3.63, 3.8) is 0 Å². The van der Waals surface area contributed by atoms with Crippen LogP contribution in [0.15, 0.2) is 24.8 Å². The fourth-order valence-corrected chi connectivity index (χ4v) is 3.76. The van der Waals surface area contributed by atoms with Crippen LogP contribution in [0.4, 0.5) is 0 Å². The van der Waals surface area contributed by atoms with E-state index < -0.39 is 10.0 Å². The molecule has 0 radical (unpaired) electrons. The highest BCUT2D eigenvalue weighted by molar-refractivity contribution is 7.88. The number of sulfonamides is 1. The van der Waals surface area contributed by atoms with E-state index in [-0.39, 0.29) is 5.92 Å². The molecule has 0 bridgehead atoms. The van der Waals surface area contributed by atoms with Crippen molar-refractivity contribution < 1.29 is 8.42 Å². The average molecular weight is 321 g/mol. The van der Waals surface area contributed by atoms with E-state index in [1.165, 1.54) is 10.6 Å². The Morgan fingerprint density at radius 1 is 1.32 bits per heavy atom. The zero-order chi connectivity index (χ0) is 15.7. The van der Waals surface area contributed by atoms with Crippen LogP contribution in [0, 0.1) is 5.92 Å². The highest BCUT2D eigenvalue weighted by Gasteiger charge is 2.29. The first kappa shape index (κ1) is 15.1. The highest BCUT2D eigenvalue weighted by Crippen LogP contribution is 2.26. The van der Waals surface area contributed by atoms with E-state index in [2.05, 4.69) is 15.1 Å². The molecule has 3 rings (SSSR count). The quantitative estimate of drug-likeness (QED) is 0.828. The maximum atomic E-state index is 11.6. The summed E-state index contributed by atoms with van der Waals surface area (Å²) in [5, 5.41) is 4.17. The average Bonchev–Trinajstić information content (AvgIpc) is 3.08. The molecule has 0 aliphatic carbocycles. The fourth-order valence-electron chi connectivity index (χ4n) is 2.84. The minimum Gasteiger partial charge on any atom is -0.275 e. The first-order valence-electron chi connectivity index (χ1n) is 7.17. The van der Waals surface area contributed by atoms with E-state index in [0.29, 0.717) is 13.1 Å².